The van der Waals surface area contributed by atoms with E-state index in [1.165, 1.54) is 18.6 Å². The Labute approximate surface area is 116 Å². The van der Waals surface area contributed by atoms with Gasteiger partial charge in [0.05, 0.1) is 12.6 Å². The number of imidazole rings is 1. The Morgan fingerprint density at radius 2 is 2.42 bits per heavy atom. The van der Waals surface area contributed by atoms with Crippen LogP contribution in [0.2, 0.25) is 0 Å². The average molecular weight is 278 g/mol. The molecule has 1 aliphatic heterocycles. The van der Waals surface area contributed by atoms with Crippen molar-refractivity contribution in [2.75, 3.05) is 18.6 Å². The first-order chi connectivity index (χ1) is 9.29. The van der Waals surface area contributed by atoms with Crippen molar-refractivity contribution >= 4 is 22.8 Å². The lowest BCUT2D eigenvalue weighted by Gasteiger charge is -2.21. The molecule has 1 saturated heterocycles. The molecule has 1 fully saturated rings. The Morgan fingerprint density at radius 3 is 3.16 bits per heavy atom. The van der Waals surface area contributed by atoms with Crippen LogP contribution in [0, 0.1) is 5.92 Å². The van der Waals surface area contributed by atoms with Gasteiger partial charge in [0, 0.05) is 6.54 Å². The standard InChI is InChI=1S/C14H18N2O2S/c1-18-12-6-2-5-11-13(12)16(14(17)15-11)8-10-4-3-7-19-9-10/h2,5-6,10H,3-4,7-9H2,1H3,(H,15,17). The Balaban J connectivity index is 2.01. The molecular formula is C14H18N2O2S. The first-order valence-corrected chi connectivity index (χ1v) is 7.78. The highest BCUT2D eigenvalue weighted by molar-refractivity contribution is 7.99. The molecule has 0 amide bonds. The number of fused-ring (bicyclic) bond motifs is 1. The Morgan fingerprint density at radius 1 is 1.53 bits per heavy atom. The van der Waals surface area contributed by atoms with E-state index in [-0.39, 0.29) is 5.69 Å². The van der Waals surface area contributed by atoms with Gasteiger partial charge in [0.15, 0.2) is 0 Å². The SMILES string of the molecule is COc1cccc2[nH]c(=O)n(CC3CCCSC3)c12. The van der Waals surface area contributed by atoms with Crippen LogP contribution in [0.4, 0.5) is 0 Å². The molecule has 0 saturated carbocycles. The summed E-state index contributed by atoms with van der Waals surface area (Å²) in [6, 6.07) is 5.73. The molecule has 1 N–H and O–H groups in total. The predicted octanol–water partition coefficient (Wildman–Crippen LogP) is 2.48. The average Bonchev–Trinajstić information content (AvgIpc) is 2.76. The van der Waals surface area contributed by atoms with Gasteiger partial charge in [-0.15, -0.1) is 0 Å². The quantitative estimate of drug-likeness (QED) is 0.938. The van der Waals surface area contributed by atoms with E-state index in [2.05, 4.69) is 4.98 Å². The van der Waals surface area contributed by atoms with E-state index in [4.69, 9.17) is 4.74 Å². The van der Waals surface area contributed by atoms with Gasteiger partial charge >= 0.3 is 5.69 Å². The van der Waals surface area contributed by atoms with Crippen LogP contribution in [0.15, 0.2) is 23.0 Å². The van der Waals surface area contributed by atoms with Crippen molar-refractivity contribution in [3.8, 4) is 5.75 Å². The van der Waals surface area contributed by atoms with Crippen molar-refractivity contribution in [1.29, 1.82) is 0 Å². The molecule has 1 aromatic heterocycles. The number of ether oxygens (including phenoxy) is 1. The van der Waals surface area contributed by atoms with Crippen LogP contribution in [-0.4, -0.2) is 28.2 Å². The predicted molar refractivity (Wildman–Crippen MR) is 79.2 cm³/mol. The normalized spacial score (nSPS) is 19.7. The molecule has 2 aromatic rings. The number of para-hydroxylation sites is 1. The number of hydrogen-bond acceptors (Lipinski definition) is 3. The molecule has 1 aliphatic rings. The summed E-state index contributed by atoms with van der Waals surface area (Å²) in [7, 11) is 1.65. The van der Waals surface area contributed by atoms with Crippen molar-refractivity contribution in [3.05, 3.63) is 28.7 Å². The van der Waals surface area contributed by atoms with Crippen LogP contribution in [-0.2, 0) is 6.54 Å². The molecule has 1 aromatic carbocycles. The zero-order chi connectivity index (χ0) is 13.2. The highest BCUT2D eigenvalue weighted by Crippen LogP contribution is 2.27. The molecule has 19 heavy (non-hydrogen) atoms. The Bertz CT molecular complexity index is 626. The molecule has 0 spiro atoms. The summed E-state index contributed by atoms with van der Waals surface area (Å²) in [5.74, 6) is 3.75. The molecule has 0 aliphatic carbocycles. The lowest BCUT2D eigenvalue weighted by atomic mass is 10.1. The van der Waals surface area contributed by atoms with Crippen LogP contribution in [0.5, 0.6) is 5.75 Å². The van der Waals surface area contributed by atoms with Gasteiger partial charge in [-0.2, -0.15) is 11.8 Å². The molecule has 0 bridgehead atoms. The minimum absolute atomic E-state index is 0.0323. The molecule has 4 nitrogen and oxygen atoms in total. The summed E-state index contributed by atoms with van der Waals surface area (Å²) < 4.78 is 7.22. The highest BCUT2D eigenvalue weighted by atomic mass is 32.2. The maximum Gasteiger partial charge on any atom is 0.326 e. The summed E-state index contributed by atoms with van der Waals surface area (Å²) in [5, 5.41) is 0. The number of aromatic amines is 1. The van der Waals surface area contributed by atoms with Crippen molar-refractivity contribution in [1.82, 2.24) is 9.55 Å². The molecule has 3 rings (SSSR count). The maximum atomic E-state index is 12.1. The second-order valence-corrected chi connectivity index (χ2v) is 6.13. The number of H-pyrrole nitrogens is 1. The lowest BCUT2D eigenvalue weighted by Crippen LogP contribution is -2.24. The molecular weight excluding hydrogens is 260 g/mol. The van der Waals surface area contributed by atoms with E-state index in [0.29, 0.717) is 5.92 Å². The zero-order valence-corrected chi connectivity index (χ0v) is 11.8. The molecule has 0 radical (unpaired) electrons. The largest absolute Gasteiger partial charge is 0.494 e. The number of rotatable bonds is 3. The third kappa shape index (κ3) is 2.39. The second kappa shape index (κ2) is 5.33. The Hall–Kier alpha value is -1.36. The number of nitrogens with one attached hydrogen (secondary N) is 1. The van der Waals surface area contributed by atoms with Crippen molar-refractivity contribution in [2.24, 2.45) is 5.92 Å². The van der Waals surface area contributed by atoms with Crippen molar-refractivity contribution in [3.63, 3.8) is 0 Å². The van der Waals surface area contributed by atoms with Crippen LogP contribution in [0.25, 0.3) is 11.0 Å². The third-order valence-corrected chi connectivity index (χ3v) is 4.96. The van der Waals surface area contributed by atoms with E-state index in [0.717, 1.165) is 29.1 Å². The smallest absolute Gasteiger partial charge is 0.326 e. The van der Waals surface area contributed by atoms with E-state index in [9.17, 15) is 4.79 Å². The van der Waals surface area contributed by atoms with Gasteiger partial charge in [-0.3, -0.25) is 4.57 Å². The topological polar surface area (TPSA) is 47.0 Å². The summed E-state index contributed by atoms with van der Waals surface area (Å²) >= 11 is 1.99. The number of hydrogen-bond donors (Lipinski definition) is 1. The van der Waals surface area contributed by atoms with Gasteiger partial charge in [-0.05, 0) is 42.4 Å². The fourth-order valence-corrected chi connectivity index (χ4v) is 3.88. The lowest BCUT2D eigenvalue weighted by molar-refractivity contribution is 0.410. The molecule has 1 atom stereocenters. The van der Waals surface area contributed by atoms with E-state index >= 15 is 0 Å². The first-order valence-electron chi connectivity index (χ1n) is 6.63. The highest BCUT2D eigenvalue weighted by Gasteiger charge is 2.18. The Kier molecular flexibility index (Phi) is 3.55. The van der Waals surface area contributed by atoms with Crippen LogP contribution in [0.1, 0.15) is 12.8 Å². The summed E-state index contributed by atoms with van der Waals surface area (Å²) in [6.07, 6.45) is 2.46. The van der Waals surface area contributed by atoms with Gasteiger partial charge < -0.3 is 9.72 Å². The summed E-state index contributed by atoms with van der Waals surface area (Å²) in [5.41, 5.74) is 1.72. The van der Waals surface area contributed by atoms with Crippen LogP contribution < -0.4 is 10.4 Å². The minimum Gasteiger partial charge on any atom is -0.494 e. The number of aromatic nitrogens is 2. The second-order valence-electron chi connectivity index (χ2n) is 4.98. The summed E-state index contributed by atoms with van der Waals surface area (Å²) in [4.78, 5) is 15.0. The molecule has 102 valence electrons. The number of thioether (sulfide) groups is 1. The maximum absolute atomic E-state index is 12.1. The van der Waals surface area contributed by atoms with Gasteiger partial charge in [0.2, 0.25) is 0 Å². The van der Waals surface area contributed by atoms with Gasteiger partial charge in [0.25, 0.3) is 0 Å². The minimum atomic E-state index is -0.0323. The molecule has 1 unspecified atom stereocenters. The monoisotopic (exact) mass is 278 g/mol. The van der Waals surface area contributed by atoms with Gasteiger partial charge in [-0.1, -0.05) is 6.07 Å². The number of methoxy groups -OCH3 is 1. The fourth-order valence-electron chi connectivity index (χ4n) is 2.73. The fraction of sp³-hybridized carbons (Fsp3) is 0.500. The number of nitrogens with zero attached hydrogens (tertiary/aromatic N) is 1. The van der Waals surface area contributed by atoms with Crippen LogP contribution in [0.3, 0.4) is 0 Å². The van der Waals surface area contributed by atoms with Gasteiger partial charge in [0.1, 0.15) is 11.3 Å². The van der Waals surface area contributed by atoms with Crippen molar-refractivity contribution in [2.45, 2.75) is 19.4 Å². The van der Waals surface area contributed by atoms with E-state index in [1.54, 1.807) is 7.11 Å². The summed E-state index contributed by atoms with van der Waals surface area (Å²) in [6.45, 7) is 0.784. The number of benzene rings is 1. The molecule has 2 heterocycles. The van der Waals surface area contributed by atoms with Crippen LogP contribution >= 0.6 is 11.8 Å². The van der Waals surface area contributed by atoms with Crippen molar-refractivity contribution < 1.29 is 4.74 Å². The molecule has 5 heteroatoms. The zero-order valence-electron chi connectivity index (χ0n) is 11.0. The van der Waals surface area contributed by atoms with E-state index in [1.807, 2.05) is 34.5 Å². The van der Waals surface area contributed by atoms with Gasteiger partial charge in [-0.25, -0.2) is 4.79 Å². The third-order valence-electron chi connectivity index (χ3n) is 3.67. The van der Waals surface area contributed by atoms with E-state index < -0.39 is 0 Å². The first kappa shape index (κ1) is 12.7.